The number of hydrogen-bond acceptors (Lipinski definition) is 7. The van der Waals surface area contributed by atoms with E-state index in [-0.39, 0.29) is 45.8 Å². The molecule has 0 atom stereocenters. The quantitative estimate of drug-likeness (QED) is 0.203. The van der Waals surface area contributed by atoms with E-state index in [0.717, 1.165) is 5.56 Å². The van der Waals surface area contributed by atoms with Crippen molar-refractivity contribution in [3.63, 3.8) is 0 Å². The Hall–Kier alpha value is -3.13. The number of anilines is 1. The van der Waals surface area contributed by atoms with Crippen molar-refractivity contribution >= 4 is 67.5 Å². The van der Waals surface area contributed by atoms with Crippen LogP contribution < -0.4 is 5.73 Å². The number of pyridine rings is 1. The molecule has 0 saturated heterocycles. The van der Waals surface area contributed by atoms with Gasteiger partial charge in [-0.1, -0.05) is 36.4 Å². The van der Waals surface area contributed by atoms with E-state index in [1.807, 2.05) is 6.07 Å². The molecular weight excluding hydrogens is 437 g/mol. The molecule has 0 unspecified atom stereocenters. The molecule has 32 heavy (non-hydrogen) atoms. The Balaban J connectivity index is 0.00000289. The number of hydrogen-bond donors (Lipinski definition) is 2. The van der Waals surface area contributed by atoms with Gasteiger partial charge < -0.3 is 5.73 Å². The zero-order chi connectivity index (χ0) is 22.0. The second-order valence-corrected chi connectivity index (χ2v) is 8.01. The maximum absolute atomic E-state index is 11.8. The molecule has 4 rings (SSSR count). The van der Waals surface area contributed by atoms with Crippen molar-refractivity contribution in [1.82, 2.24) is 4.98 Å². The van der Waals surface area contributed by atoms with Gasteiger partial charge in [0.25, 0.3) is 10.1 Å². The van der Waals surface area contributed by atoms with E-state index in [1.165, 1.54) is 12.3 Å². The van der Waals surface area contributed by atoms with Crippen LogP contribution in [0.3, 0.4) is 0 Å². The number of aromatic nitrogens is 1. The molecule has 4 aromatic rings. The zero-order valence-electron chi connectivity index (χ0n) is 16.0. The molecule has 0 bridgehead atoms. The fourth-order valence-corrected chi connectivity index (χ4v) is 3.84. The average molecular weight is 453 g/mol. The molecule has 0 amide bonds. The summed E-state index contributed by atoms with van der Waals surface area (Å²) >= 11 is 0. The number of nitrogen functional groups attached to an aromatic ring is 1. The van der Waals surface area contributed by atoms with Gasteiger partial charge in [0, 0.05) is 16.3 Å². The third kappa shape index (κ3) is 4.85. The predicted molar refractivity (Wildman–Crippen MR) is 124 cm³/mol. The molecule has 0 saturated carbocycles. The molecule has 0 spiro atoms. The van der Waals surface area contributed by atoms with Crippen LogP contribution in [0, 0.1) is 11.3 Å². The maximum atomic E-state index is 11.8. The molecule has 3 N–H and O–H groups in total. The van der Waals surface area contributed by atoms with Crippen molar-refractivity contribution in [2.75, 3.05) is 5.73 Å². The molecule has 10 heteroatoms. The first-order chi connectivity index (χ1) is 14.9. The normalized spacial score (nSPS) is 11.2. The first-order valence-corrected chi connectivity index (χ1v) is 10.5. The summed E-state index contributed by atoms with van der Waals surface area (Å²) in [5.74, 6) is 0. The van der Waals surface area contributed by atoms with E-state index in [1.54, 1.807) is 54.6 Å². The second-order valence-electron chi connectivity index (χ2n) is 6.62. The SMILES string of the molecule is N#Cc1cccc(-c2ccc(/N=N/c3cc(S(=O)(=O)O)c4ccccc4c3N)cn2)c1.[NaH]. The number of benzene rings is 3. The van der Waals surface area contributed by atoms with Crippen LogP contribution in [0.4, 0.5) is 17.1 Å². The Morgan fingerprint density at radius 2 is 1.72 bits per heavy atom. The summed E-state index contributed by atoms with van der Waals surface area (Å²) in [6.45, 7) is 0. The van der Waals surface area contributed by atoms with Gasteiger partial charge in [-0.05, 0) is 30.3 Å². The first-order valence-electron chi connectivity index (χ1n) is 9.04. The average Bonchev–Trinajstić information content (AvgIpc) is 2.78. The molecular formula is C22H16N5NaO3S. The number of nitriles is 1. The third-order valence-corrected chi connectivity index (χ3v) is 5.51. The van der Waals surface area contributed by atoms with Crippen LogP contribution in [-0.4, -0.2) is 47.5 Å². The Labute approximate surface area is 206 Å². The first kappa shape index (κ1) is 23.5. The van der Waals surface area contributed by atoms with Crippen molar-refractivity contribution in [3.05, 3.63) is 78.5 Å². The van der Waals surface area contributed by atoms with Crippen LogP contribution in [0.5, 0.6) is 0 Å². The summed E-state index contributed by atoms with van der Waals surface area (Å²) in [6.07, 6.45) is 1.50. The zero-order valence-corrected chi connectivity index (χ0v) is 16.8. The molecule has 1 aromatic heterocycles. The molecule has 154 valence electrons. The van der Waals surface area contributed by atoms with Gasteiger partial charge in [-0.15, -0.1) is 10.2 Å². The monoisotopic (exact) mass is 453 g/mol. The van der Waals surface area contributed by atoms with Gasteiger partial charge in [0.15, 0.2) is 0 Å². The molecule has 3 aromatic carbocycles. The molecule has 8 nitrogen and oxygen atoms in total. The molecule has 1 heterocycles. The van der Waals surface area contributed by atoms with E-state index in [4.69, 9.17) is 11.0 Å². The van der Waals surface area contributed by atoms with E-state index in [2.05, 4.69) is 21.3 Å². The van der Waals surface area contributed by atoms with E-state index in [9.17, 15) is 13.0 Å². The van der Waals surface area contributed by atoms with Crippen molar-refractivity contribution in [1.29, 1.82) is 5.26 Å². The summed E-state index contributed by atoms with van der Waals surface area (Å²) < 4.78 is 33.2. The van der Waals surface area contributed by atoms with E-state index in [0.29, 0.717) is 27.7 Å². The van der Waals surface area contributed by atoms with E-state index < -0.39 is 10.1 Å². The van der Waals surface area contributed by atoms with Gasteiger partial charge in [0.2, 0.25) is 0 Å². The minimum absolute atomic E-state index is 0. The van der Waals surface area contributed by atoms with Gasteiger partial charge in [0.1, 0.15) is 16.3 Å². The summed E-state index contributed by atoms with van der Waals surface area (Å²) in [5, 5.41) is 17.9. The van der Waals surface area contributed by atoms with Crippen LogP contribution >= 0.6 is 0 Å². The van der Waals surface area contributed by atoms with E-state index >= 15 is 0 Å². The fraction of sp³-hybridized carbons (Fsp3) is 0. The summed E-state index contributed by atoms with van der Waals surface area (Å²) in [7, 11) is -4.49. The van der Waals surface area contributed by atoms with Crippen molar-refractivity contribution in [2.24, 2.45) is 10.2 Å². The van der Waals surface area contributed by atoms with Crippen LogP contribution in [0.2, 0.25) is 0 Å². The van der Waals surface area contributed by atoms with Crippen LogP contribution in [-0.2, 0) is 10.1 Å². The van der Waals surface area contributed by atoms with Crippen LogP contribution in [0.1, 0.15) is 5.56 Å². The number of rotatable bonds is 4. The minimum atomic E-state index is -4.49. The third-order valence-electron chi connectivity index (χ3n) is 4.61. The van der Waals surface area contributed by atoms with Gasteiger partial charge in [-0.2, -0.15) is 13.7 Å². The Kier molecular flexibility index (Phi) is 7.03. The Morgan fingerprint density at radius 3 is 2.38 bits per heavy atom. The molecule has 0 aliphatic rings. The van der Waals surface area contributed by atoms with Gasteiger partial charge in [-0.25, -0.2) is 0 Å². The summed E-state index contributed by atoms with van der Waals surface area (Å²) in [4.78, 5) is 4.04. The van der Waals surface area contributed by atoms with Crippen molar-refractivity contribution in [3.8, 4) is 17.3 Å². The Bertz CT molecular complexity index is 1480. The van der Waals surface area contributed by atoms with Crippen LogP contribution in [0.25, 0.3) is 22.0 Å². The van der Waals surface area contributed by atoms with Gasteiger partial charge >= 0.3 is 29.6 Å². The molecule has 0 aliphatic carbocycles. The fourth-order valence-electron chi connectivity index (χ4n) is 3.12. The number of fused-ring (bicyclic) bond motifs is 1. The topological polar surface area (TPSA) is 142 Å². The summed E-state index contributed by atoms with van der Waals surface area (Å²) in [6, 6.07) is 20.3. The molecule has 0 fully saturated rings. The predicted octanol–water partition coefficient (Wildman–Crippen LogP) is 4.37. The van der Waals surface area contributed by atoms with Crippen LogP contribution in [0.15, 0.2) is 88.1 Å². The Morgan fingerprint density at radius 1 is 0.969 bits per heavy atom. The van der Waals surface area contributed by atoms with Crippen molar-refractivity contribution < 1.29 is 13.0 Å². The second kappa shape index (κ2) is 9.56. The summed E-state index contributed by atoms with van der Waals surface area (Å²) in [5.41, 5.74) is 8.90. The van der Waals surface area contributed by atoms with Crippen molar-refractivity contribution in [2.45, 2.75) is 4.90 Å². The number of nitrogens with two attached hydrogens (primary N) is 1. The molecule has 0 aliphatic heterocycles. The number of nitrogens with zero attached hydrogens (tertiary/aromatic N) is 4. The van der Waals surface area contributed by atoms with Gasteiger partial charge in [0.05, 0.1) is 29.2 Å². The number of azo groups is 1. The van der Waals surface area contributed by atoms with Gasteiger partial charge in [-0.3, -0.25) is 9.54 Å². The standard InChI is InChI=1S/C22H15N5O3S.Na.H/c23-12-14-4-3-5-15(10-14)19-9-8-16(13-25-19)26-27-20-11-21(31(28,29)30)17-6-1-2-7-18(17)22(20)24;;/h1-11,13H,24H2,(H,28,29,30);;/b27-26+;;. The molecule has 0 radical (unpaired) electrons.